The summed E-state index contributed by atoms with van der Waals surface area (Å²) in [5.41, 5.74) is 4.58. The van der Waals surface area contributed by atoms with Crippen LogP contribution in [0.1, 0.15) is 45.2 Å². The minimum atomic E-state index is 0.257. The topological polar surface area (TPSA) is 38.0 Å². The van der Waals surface area contributed by atoms with E-state index in [9.17, 15) is 0 Å². The van der Waals surface area contributed by atoms with Crippen LogP contribution in [-0.4, -0.2) is 0 Å². The van der Waals surface area contributed by atoms with Crippen molar-refractivity contribution in [1.82, 2.24) is 5.43 Å². The molecular weight excluding hydrogens is 311 g/mol. The van der Waals surface area contributed by atoms with Crippen LogP contribution >= 0.6 is 22.6 Å². The van der Waals surface area contributed by atoms with Crippen molar-refractivity contribution >= 4 is 22.6 Å². The van der Waals surface area contributed by atoms with Gasteiger partial charge in [-0.3, -0.25) is 11.3 Å². The van der Waals surface area contributed by atoms with Gasteiger partial charge in [-0.05, 0) is 52.5 Å². The van der Waals surface area contributed by atoms with Crippen LogP contribution in [0.15, 0.2) is 24.3 Å². The first kappa shape index (κ1) is 13.9. The third kappa shape index (κ3) is 4.39. The second kappa shape index (κ2) is 5.98. The van der Waals surface area contributed by atoms with E-state index in [1.165, 1.54) is 9.13 Å². The molecule has 16 heavy (non-hydrogen) atoms. The molecule has 0 aliphatic rings. The Morgan fingerprint density at radius 1 is 1.31 bits per heavy atom. The smallest absolute Gasteiger partial charge is 0.0470 e. The number of rotatable bonds is 4. The van der Waals surface area contributed by atoms with Crippen LogP contribution in [0.25, 0.3) is 0 Å². The number of hydrogen-bond donors (Lipinski definition) is 2. The molecule has 90 valence electrons. The predicted molar refractivity (Wildman–Crippen MR) is 77.9 cm³/mol. The molecule has 1 aromatic carbocycles. The molecule has 0 heterocycles. The standard InChI is InChI=1S/C13H21IN2/c1-13(2,3)9-8-12(16-15)10-6-4-5-7-11(10)14/h4-7,12,16H,8-9,15H2,1-3H3. The normalized spacial score (nSPS) is 13.8. The van der Waals surface area contributed by atoms with Crippen LogP contribution in [-0.2, 0) is 0 Å². The van der Waals surface area contributed by atoms with E-state index in [1.54, 1.807) is 0 Å². The Morgan fingerprint density at radius 2 is 1.94 bits per heavy atom. The van der Waals surface area contributed by atoms with Gasteiger partial charge in [0.2, 0.25) is 0 Å². The lowest BCUT2D eigenvalue weighted by Gasteiger charge is -2.23. The molecule has 1 rings (SSSR count). The largest absolute Gasteiger partial charge is 0.271 e. The average Bonchev–Trinajstić information content (AvgIpc) is 2.20. The summed E-state index contributed by atoms with van der Waals surface area (Å²) < 4.78 is 1.27. The molecule has 1 atom stereocenters. The number of benzene rings is 1. The highest BCUT2D eigenvalue weighted by atomic mass is 127. The SMILES string of the molecule is CC(C)(C)CCC(NN)c1ccccc1I. The van der Waals surface area contributed by atoms with E-state index in [1.807, 2.05) is 0 Å². The van der Waals surface area contributed by atoms with Crippen molar-refractivity contribution < 1.29 is 0 Å². The van der Waals surface area contributed by atoms with E-state index in [2.05, 4.69) is 73.1 Å². The maximum Gasteiger partial charge on any atom is 0.0470 e. The van der Waals surface area contributed by atoms with Gasteiger partial charge in [-0.2, -0.15) is 0 Å². The van der Waals surface area contributed by atoms with E-state index in [4.69, 9.17) is 5.84 Å². The zero-order valence-electron chi connectivity index (χ0n) is 10.3. The highest BCUT2D eigenvalue weighted by Crippen LogP contribution is 2.28. The maximum atomic E-state index is 5.65. The molecular formula is C13H21IN2. The number of halogens is 1. The van der Waals surface area contributed by atoms with Crippen molar-refractivity contribution in [2.24, 2.45) is 11.3 Å². The molecule has 3 N–H and O–H groups in total. The van der Waals surface area contributed by atoms with Crippen LogP contribution in [0, 0.1) is 8.99 Å². The van der Waals surface area contributed by atoms with Gasteiger partial charge in [-0.25, -0.2) is 0 Å². The predicted octanol–water partition coefficient (Wildman–Crippen LogP) is 3.62. The fourth-order valence-corrected chi connectivity index (χ4v) is 2.43. The molecule has 1 aromatic rings. The lowest BCUT2D eigenvalue weighted by molar-refractivity contribution is 0.333. The molecule has 0 spiro atoms. The van der Waals surface area contributed by atoms with Crippen LogP contribution in [0.5, 0.6) is 0 Å². The van der Waals surface area contributed by atoms with Gasteiger partial charge in [-0.15, -0.1) is 0 Å². The van der Waals surface area contributed by atoms with E-state index in [0.717, 1.165) is 12.8 Å². The Morgan fingerprint density at radius 3 is 2.44 bits per heavy atom. The van der Waals surface area contributed by atoms with Gasteiger partial charge in [0.15, 0.2) is 0 Å². The van der Waals surface area contributed by atoms with E-state index < -0.39 is 0 Å². The number of hydrazine groups is 1. The van der Waals surface area contributed by atoms with Gasteiger partial charge in [0.25, 0.3) is 0 Å². The Balaban J connectivity index is 2.72. The summed E-state index contributed by atoms with van der Waals surface area (Å²) in [4.78, 5) is 0. The summed E-state index contributed by atoms with van der Waals surface area (Å²) in [5, 5.41) is 0. The minimum absolute atomic E-state index is 0.257. The lowest BCUT2D eigenvalue weighted by Crippen LogP contribution is -2.29. The molecule has 0 aromatic heterocycles. The number of hydrogen-bond acceptors (Lipinski definition) is 2. The van der Waals surface area contributed by atoms with Crippen LogP contribution < -0.4 is 11.3 Å². The van der Waals surface area contributed by atoms with Crippen molar-refractivity contribution in [3.63, 3.8) is 0 Å². The quantitative estimate of drug-likeness (QED) is 0.502. The van der Waals surface area contributed by atoms with E-state index in [-0.39, 0.29) is 6.04 Å². The molecule has 2 nitrogen and oxygen atoms in total. The monoisotopic (exact) mass is 332 g/mol. The van der Waals surface area contributed by atoms with Gasteiger partial charge >= 0.3 is 0 Å². The van der Waals surface area contributed by atoms with Gasteiger partial charge in [0, 0.05) is 9.61 Å². The first-order valence-corrected chi connectivity index (χ1v) is 6.72. The van der Waals surface area contributed by atoms with Crippen LogP contribution in [0.2, 0.25) is 0 Å². The average molecular weight is 332 g/mol. The summed E-state index contributed by atoms with van der Waals surface area (Å²) >= 11 is 2.36. The summed E-state index contributed by atoms with van der Waals surface area (Å²) in [6.45, 7) is 6.78. The summed E-state index contributed by atoms with van der Waals surface area (Å²) in [6, 6.07) is 8.65. The minimum Gasteiger partial charge on any atom is -0.271 e. The Hall–Kier alpha value is -0.130. The van der Waals surface area contributed by atoms with Crippen molar-refractivity contribution in [3.05, 3.63) is 33.4 Å². The Kier molecular flexibility index (Phi) is 5.21. The van der Waals surface area contributed by atoms with Crippen molar-refractivity contribution in [1.29, 1.82) is 0 Å². The first-order chi connectivity index (χ1) is 7.44. The summed E-state index contributed by atoms with van der Waals surface area (Å²) in [7, 11) is 0. The highest BCUT2D eigenvalue weighted by Gasteiger charge is 2.17. The molecule has 0 amide bonds. The first-order valence-electron chi connectivity index (χ1n) is 5.64. The molecule has 0 radical (unpaired) electrons. The van der Waals surface area contributed by atoms with Crippen LogP contribution in [0.4, 0.5) is 0 Å². The van der Waals surface area contributed by atoms with Gasteiger partial charge < -0.3 is 0 Å². The lowest BCUT2D eigenvalue weighted by atomic mass is 9.87. The Bertz CT molecular complexity index is 331. The molecule has 1 unspecified atom stereocenters. The Labute approximate surface area is 112 Å². The zero-order valence-corrected chi connectivity index (χ0v) is 12.4. The fourth-order valence-electron chi connectivity index (χ4n) is 1.66. The second-order valence-corrected chi connectivity index (χ2v) is 6.50. The summed E-state index contributed by atoms with van der Waals surface area (Å²) in [6.07, 6.45) is 2.23. The zero-order chi connectivity index (χ0) is 12.2. The number of nitrogens with one attached hydrogen (secondary N) is 1. The molecule has 0 bridgehead atoms. The van der Waals surface area contributed by atoms with Crippen molar-refractivity contribution in [2.45, 2.75) is 39.7 Å². The van der Waals surface area contributed by atoms with E-state index >= 15 is 0 Å². The number of nitrogens with two attached hydrogens (primary N) is 1. The molecule has 0 aliphatic heterocycles. The molecule has 0 fully saturated rings. The molecule has 0 aliphatic carbocycles. The van der Waals surface area contributed by atoms with Crippen molar-refractivity contribution in [2.75, 3.05) is 0 Å². The second-order valence-electron chi connectivity index (χ2n) is 5.34. The van der Waals surface area contributed by atoms with Gasteiger partial charge in [-0.1, -0.05) is 39.0 Å². The highest BCUT2D eigenvalue weighted by molar-refractivity contribution is 14.1. The summed E-state index contributed by atoms with van der Waals surface area (Å²) in [5.74, 6) is 5.65. The van der Waals surface area contributed by atoms with Crippen molar-refractivity contribution in [3.8, 4) is 0 Å². The van der Waals surface area contributed by atoms with Crippen LogP contribution in [0.3, 0.4) is 0 Å². The maximum absolute atomic E-state index is 5.65. The molecule has 0 saturated carbocycles. The fraction of sp³-hybridized carbons (Fsp3) is 0.538. The van der Waals surface area contributed by atoms with Gasteiger partial charge in [0.05, 0.1) is 0 Å². The third-order valence-corrected chi connectivity index (χ3v) is 3.65. The van der Waals surface area contributed by atoms with Gasteiger partial charge in [0.1, 0.15) is 0 Å². The molecule has 0 saturated heterocycles. The third-order valence-electron chi connectivity index (χ3n) is 2.66. The van der Waals surface area contributed by atoms with E-state index in [0.29, 0.717) is 5.41 Å². The molecule has 3 heteroatoms.